The third-order valence-electron chi connectivity index (χ3n) is 1.68. The molecule has 1 saturated carbocycles. The normalized spacial score (nSPS) is 21.0. The second-order valence-corrected chi connectivity index (χ2v) is 2.58. The summed E-state index contributed by atoms with van der Waals surface area (Å²) in [5.74, 6) is 0. The van der Waals surface area contributed by atoms with Crippen LogP contribution in [0.1, 0.15) is 19.3 Å². The standard InChI is InChI=1S/C6H11NO2/c7-6(1-2-6)3-4-9-5-8/h5H,1-4,7H2. The van der Waals surface area contributed by atoms with Crippen molar-refractivity contribution >= 4 is 6.47 Å². The molecule has 0 amide bonds. The highest BCUT2D eigenvalue weighted by Gasteiger charge is 2.37. The van der Waals surface area contributed by atoms with Crippen LogP contribution in [-0.2, 0) is 9.53 Å². The van der Waals surface area contributed by atoms with Gasteiger partial charge in [0, 0.05) is 5.54 Å². The topological polar surface area (TPSA) is 52.3 Å². The van der Waals surface area contributed by atoms with Gasteiger partial charge in [-0.2, -0.15) is 0 Å². The molecule has 0 aromatic carbocycles. The quantitative estimate of drug-likeness (QED) is 0.430. The fourth-order valence-corrected chi connectivity index (χ4v) is 0.721. The van der Waals surface area contributed by atoms with Crippen molar-refractivity contribution in [2.45, 2.75) is 24.8 Å². The fourth-order valence-electron chi connectivity index (χ4n) is 0.721. The number of hydrogen-bond donors (Lipinski definition) is 1. The smallest absolute Gasteiger partial charge is 0.293 e. The van der Waals surface area contributed by atoms with Crippen molar-refractivity contribution in [2.75, 3.05) is 6.61 Å². The Morgan fingerprint density at radius 3 is 2.78 bits per heavy atom. The van der Waals surface area contributed by atoms with Crippen molar-refractivity contribution in [2.24, 2.45) is 5.73 Å². The third-order valence-corrected chi connectivity index (χ3v) is 1.68. The largest absolute Gasteiger partial charge is 0.468 e. The van der Waals surface area contributed by atoms with Gasteiger partial charge in [-0.05, 0) is 19.3 Å². The monoisotopic (exact) mass is 129 g/mol. The molecule has 3 nitrogen and oxygen atoms in total. The Bertz CT molecular complexity index is 110. The summed E-state index contributed by atoms with van der Waals surface area (Å²) >= 11 is 0. The van der Waals surface area contributed by atoms with Crippen LogP contribution in [0, 0.1) is 0 Å². The van der Waals surface area contributed by atoms with E-state index in [-0.39, 0.29) is 5.54 Å². The molecule has 0 aliphatic heterocycles. The van der Waals surface area contributed by atoms with E-state index in [9.17, 15) is 4.79 Å². The fraction of sp³-hybridized carbons (Fsp3) is 0.833. The molecule has 9 heavy (non-hydrogen) atoms. The second kappa shape index (κ2) is 2.35. The van der Waals surface area contributed by atoms with E-state index in [0.717, 1.165) is 19.3 Å². The van der Waals surface area contributed by atoms with Gasteiger partial charge in [0.1, 0.15) is 0 Å². The molecule has 0 atom stereocenters. The molecule has 1 rings (SSSR count). The molecular weight excluding hydrogens is 118 g/mol. The number of ether oxygens (including phenoxy) is 1. The lowest BCUT2D eigenvalue weighted by atomic mass is 10.2. The van der Waals surface area contributed by atoms with Crippen molar-refractivity contribution < 1.29 is 9.53 Å². The van der Waals surface area contributed by atoms with Gasteiger partial charge >= 0.3 is 0 Å². The zero-order valence-corrected chi connectivity index (χ0v) is 5.30. The Hall–Kier alpha value is -0.570. The minimum atomic E-state index is 0.0169. The van der Waals surface area contributed by atoms with Gasteiger partial charge < -0.3 is 10.5 Å². The lowest BCUT2D eigenvalue weighted by molar-refractivity contribution is -0.128. The summed E-state index contributed by atoms with van der Waals surface area (Å²) in [6.45, 7) is 0.936. The molecule has 1 fully saturated rings. The summed E-state index contributed by atoms with van der Waals surface area (Å²) in [4.78, 5) is 9.65. The lowest BCUT2D eigenvalue weighted by Crippen LogP contribution is -2.23. The van der Waals surface area contributed by atoms with Gasteiger partial charge in [-0.1, -0.05) is 0 Å². The average molecular weight is 129 g/mol. The Morgan fingerprint density at radius 2 is 2.33 bits per heavy atom. The summed E-state index contributed by atoms with van der Waals surface area (Å²) in [6.07, 6.45) is 2.97. The Kier molecular flexibility index (Phi) is 1.71. The van der Waals surface area contributed by atoms with Crippen LogP contribution in [0.2, 0.25) is 0 Å². The van der Waals surface area contributed by atoms with Gasteiger partial charge in [0.2, 0.25) is 0 Å². The van der Waals surface area contributed by atoms with Crippen LogP contribution in [0.5, 0.6) is 0 Å². The maximum atomic E-state index is 9.65. The maximum absolute atomic E-state index is 9.65. The van der Waals surface area contributed by atoms with Gasteiger partial charge in [-0.3, -0.25) is 4.79 Å². The number of rotatable bonds is 4. The van der Waals surface area contributed by atoms with Crippen molar-refractivity contribution in [3.05, 3.63) is 0 Å². The van der Waals surface area contributed by atoms with Gasteiger partial charge in [-0.25, -0.2) is 0 Å². The number of hydrogen-bond acceptors (Lipinski definition) is 3. The maximum Gasteiger partial charge on any atom is 0.293 e. The van der Waals surface area contributed by atoms with Crippen LogP contribution in [0.4, 0.5) is 0 Å². The van der Waals surface area contributed by atoms with E-state index in [2.05, 4.69) is 4.74 Å². The minimum absolute atomic E-state index is 0.0169. The van der Waals surface area contributed by atoms with E-state index in [1.54, 1.807) is 0 Å². The zero-order chi connectivity index (χ0) is 6.74. The molecule has 52 valence electrons. The Balaban J connectivity index is 1.98. The first-order chi connectivity index (χ1) is 4.27. The molecule has 1 aliphatic rings. The predicted octanol–water partition coefficient (Wildman–Crippen LogP) is 0.0408. The van der Waals surface area contributed by atoms with Crippen LogP contribution < -0.4 is 5.73 Å². The minimum Gasteiger partial charge on any atom is -0.468 e. The molecule has 0 heterocycles. The SMILES string of the molecule is NC1(CCOC=O)CC1. The van der Waals surface area contributed by atoms with Crippen LogP contribution in [-0.4, -0.2) is 18.6 Å². The predicted molar refractivity (Wildman–Crippen MR) is 32.8 cm³/mol. The molecule has 0 radical (unpaired) electrons. The van der Waals surface area contributed by atoms with Crippen molar-refractivity contribution in [3.63, 3.8) is 0 Å². The Morgan fingerprint density at radius 1 is 1.67 bits per heavy atom. The summed E-state index contributed by atoms with van der Waals surface area (Å²) in [5, 5.41) is 0. The van der Waals surface area contributed by atoms with Gasteiger partial charge in [0.15, 0.2) is 0 Å². The lowest BCUT2D eigenvalue weighted by Gasteiger charge is -2.04. The first kappa shape index (κ1) is 6.55. The Labute approximate surface area is 54.2 Å². The van der Waals surface area contributed by atoms with Gasteiger partial charge in [0.25, 0.3) is 6.47 Å². The first-order valence-electron chi connectivity index (χ1n) is 3.11. The molecule has 0 unspecified atom stereocenters. The summed E-state index contributed by atoms with van der Waals surface area (Å²) in [7, 11) is 0. The van der Waals surface area contributed by atoms with Crippen molar-refractivity contribution in [1.29, 1.82) is 0 Å². The van der Waals surface area contributed by atoms with Crippen LogP contribution in [0.15, 0.2) is 0 Å². The molecule has 1 aliphatic carbocycles. The number of carbonyl (C=O) groups excluding carboxylic acids is 1. The van der Waals surface area contributed by atoms with E-state index in [0.29, 0.717) is 13.1 Å². The first-order valence-corrected chi connectivity index (χ1v) is 3.11. The number of nitrogens with two attached hydrogens (primary N) is 1. The van der Waals surface area contributed by atoms with Gasteiger partial charge in [0.05, 0.1) is 6.61 Å². The highest BCUT2D eigenvalue weighted by atomic mass is 16.5. The summed E-state index contributed by atoms with van der Waals surface area (Å²) in [5.41, 5.74) is 5.71. The molecule has 0 aromatic rings. The summed E-state index contributed by atoms with van der Waals surface area (Å²) in [6, 6.07) is 0. The molecular formula is C6H11NO2. The van der Waals surface area contributed by atoms with Crippen LogP contribution in [0.3, 0.4) is 0 Å². The van der Waals surface area contributed by atoms with Crippen LogP contribution in [0.25, 0.3) is 0 Å². The molecule has 2 N–H and O–H groups in total. The number of carbonyl (C=O) groups is 1. The van der Waals surface area contributed by atoms with E-state index < -0.39 is 0 Å². The van der Waals surface area contributed by atoms with E-state index in [1.807, 2.05) is 0 Å². The average Bonchev–Trinajstić information content (AvgIpc) is 2.50. The molecule has 3 heteroatoms. The van der Waals surface area contributed by atoms with Gasteiger partial charge in [-0.15, -0.1) is 0 Å². The molecule has 0 saturated heterocycles. The zero-order valence-electron chi connectivity index (χ0n) is 5.30. The molecule has 0 aromatic heterocycles. The van der Waals surface area contributed by atoms with Crippen molar-refractivity contribution in [3.8, 4) is 0 Å². The van der Waals surface area contributed by atoms with E-state index in [4.69, 9.17) is 5.73 Å². The highest BCUT2D eigenvalue weighted by Crippen LogP contribution is 2.35. The molecule has 0 bridgehead atoms. The van der Waals surface area contributed by atoms with Crippen LogP contribution >= 0.6 is 0 Å². The highest BCUT2D eigenvalue weighted by molar-refractivity contribution is 5.36. The molecule has 0 spiro atoms. The third kappa shape index (κ3) is 2.01. The van der Waals surface area contributed by atoms with E-state index >= 15 is 0 Å². The van der Waals surface area contributed by atoms with E-state index in [1.165, 1.54) is 0 Å². The second-order valence-electron chi connectivity index (χ2n) is 2.58. The van der Waals surface area contributed by atoms with Crippen molar-refractivity contribution in [1.82, 2.24) is 0 Å². The summed E-state index contributed by atoms with van der Waals surface area (Å²) < 4.78 is 4.49.